The lowest BCUT2D eigenvalue weighted by atomic mass is 10.0. The zero-order chi connectivity index (χ0) is 26.2. The number of pyridine rings is 2. The summed E-state index contributed by atoms with van der Waals surface area (Å²) in [6.45, 7) is 2.71. The van der Waals surface area contributed by atoms with Gasteiger partial charge in [0.05, 0.1) is 27.5 Å². The number of benzene rings is 2. The Morgan fingerprint density at radius 2 is 2.03 bits per heavy atom. The average molecular weight is 516 g/mol. The molecule has 0 saturated heterocycles. The van der Waals surface area contributed by atoms with Gasteiger partial charge in [0.25, 0.3) is 0 Å². The lowest BCUT2D eigenvalue weighted by Crippen LogP contribution is -2.13. The molecule has 2 heterocycles. The molecule has 2 aromatic carbocycles. The average Bonchev–Trinajstić information content (AvgIpc) is 2.90. The van der Waals surface area contributed by atoms with Gasteiger partial charge in [0, 0.05) is 49.3 Å². The van der Waals surface area contributed by atoms with E-state index >= 15 is 0 Å². The summed E-state index contributed by atoms with van der Waals surface area (Å²) in [5, 5.41) is 17.1. The molecule has 4 aromatic rings. The van der Waals surface area contributed by atoms with E-state index < -0.39 is 0 Å². The molecule has 0 atom stereocenters. The first-order valence-electron chi connectivity index (χ1n) is 11.7. The number of nitrogens with zero attached hydrogens (tertiary/aromatic N) is 3. The smallest absolute Gasteiger partial charge is 0.224 e. The van der Waals surface area contributed by atoms with Crippen molar-refractivity contribution in [1.82, 2.24) is 9.97 Å². The predicted molar refractivity (Wildman–Crippen MR) is 144 cm³/mol. The van der Waals surface area contributed by atoms with Crippen LogP contribution in [0.1, 0.15) is 29.7 Å². The quantitative estimate of drug-likeness (QED) is 0.244. The predicted octanol–water partition coefficient (Wildman–Crippen LogP) is 6.15. The van der Waals surface area contributed by atoms with Crippen molar-refractivity contribution in [2.45, 2.75) is 26.4 Å². The van der Waals surface area contributed by atoms with E-state index in [-0.39, 0.29) is 5.91 Å². The number of amides is 1. The fourth-order valence-electron chi connectivity index (χ4n) is 3.76. The summed E-state index contributed by atoms with van der Waals surface area (Å²) in [5.41, 5.74) is 4.61. The number of ether oxygens (including phenoxy) is 2. The Kier molecular flexibility index (Phi) is 8.52. The minimum Gasteiger partial charge on any atom is -0.486 e. The van der Waals surface area contributed by atoms with Gasteiger partial charge in [-0.25, -0.2) is 0 Å². The second kappa shape index (κ2) is 12.2. The van der Waals surface area contributed by atoms with E-state index in [2.05, 4.69) is 26.7 Å². The Labute approximate surface area is 220 Å². The molecule has 2 aromatic heterocycles. The van der Waals surface area contributed by atoms with Gasteiger partial charge in [0.2, 0.25) is 5.91 Å². The molecule has 0 aliphatic rings. The number of nitrogens with one attached hydrogen (secondary N) is 2. The van der Waals surface area contributed by atoms with Gasteiger partial charge in [-0.05, 0) is 61.4 Å². The van der Waals surface area contributed by atoms with Crippen LogP contribution in [0.3, 0.4) is 0 Å². The third kappa shape index (κ3) is 6.53. The van der Waals surface area contributed by atoms with Gasteiger partial charge >= 0.3 is 0 Å². The molecule has 0 aliphatic carbocycles. The van der Waals surface area contributed by atoms with Crippen LogP contribution in [0.2, 0.25) is 5.02 Å². The number of methoxy groups -OCH3 is 1. The minimum atomic E-state index is -0.105. The lowest BCUT2D eigenvalue weighted by Gasteiger charge is -2.16. The highest BCUT2D eigenvalue weighted by Crippen LogP contribution is 2.35. The maximum Gasteiger partial charge on any atom is 0.224 e. The van der Waals surface area contributed by atoms with E-state index in [9.17, 15) is 10.1 Å². The van der Waals surface area contributed by atoms with Crippen LogP contribution in [-0.2, 0) is 16.1 Å². The molecular weight excluding hydrogens is 490 g/mol. The second-order valence-corrected chi connectivity index (χ2v) is 8.77. The van der Waals surface area contributed by atoms with E-state index in [1.807, 2.05) is 43.3 Å². The molecule has 8 nitrogen and oxygen atoms in total. The number of halogens is 1. The first-order chi connectivity index (χ1) is 18.0. The van der Waals surface area contributed by atoms with E-state index in [0.717, 1.165) is 11.3 Å². The maximum absolute atomic E-state index is 12.4. The number of fused-ring (bicyclic) bond motifs is 1. The van der Waals surface area contributed by atoms with Gasteiger partial charge in [-0.15, -0.1) is 0 Å². The van der Waals surface area contributed by atoms with Gasteiger partial charge in [0.1, 0.15) is 18.4 Å². The summed E-state index contributed by atoms with van der Waals surface area (Å²) in [6.07, 6.45) is 4.21. The third-order valence-corrected chi connectivity index (χ3v) is 5.96. The summed E-state index contributed by atoms with van der Waals surface area (Å²) in [7, 11) is 1.61. The van der Waals surface area contributed by atoms with Crippen LogP contribution in [0.25, 0.3) is 10.9 Å². The van der Waals surface area contributed by atoms with Crippen LogP contribution >= 0.6 is 11.6 Å². The van der Waals surface area contributed by atoms with E-state index in [4.69, 9.17) is 21.1 Å². The molecular formula is C28H26ClN5O3. The number of aryl methyl sites for hydroxylation is 1. The Hall–Kier alpha value is -4.19. The fraction of sp³-hybridized carbons (Fsp3) is 0.214. The summed E-state index contributed by atoms with van der Waals surface area (Å²) < 4.78 is 10.8. The Morgan fingerprint density at radius 3 is 2.76 bits per heavy atom. The summed E-state index contributed by atoms with van der Waals surface area (Å²) in [5.74, 6) is 0.415. The lowest BCUT2D eigenvalue weighted by molar-refractivity contribution is -0.116. The first kappa shape index (κ1) is 25.9. The van der Waals surface area contributed by atoms with Crippen LogP contribution in [0.5, 0.6) is 5.75 Å². The molecule has 9 heteroatoms. The third-order valence-electron chi connectivity index (χ3n) is 5.66. The standard InChI is InChI=1S/C28H26ClN5O3/c1-18-12-25-22(14-24(18)34-27(35)7-5-11-36-2)28(19(15-30)16-32-25)33-20-8-9-26(23(29)13-20)37-17-21-6-3-4-10-31-21/h3-4,6,8-10,12-14,16H,5,7,11,17H2,1-2H3,(H,32,33)(H,34,35). The monoisotopic (exact) mass is 515 g/mol. The number of nitriles is 1. The molecule has 1 amide bonds. The zero-order valence-corrected chi connectivity index (χ0v) is 21.3. The highest BCUT2D eigenvalue weighted by atomic mass is 35.5. The molecule has 0 radical (unpaired) electrons. The van der Waals surface area contributed by atoms with Crippen molar-refractivity contribution >= 4 is 45.5 Å². The molecule has 0 unspecified atom stereocenters. The first-order valence-corrected chi connectivity index (χ1v) is 12.1. The molecule has 2 N–H and O–H groups in total. The van der Waals surface area contributed by atoms with Crippen LogP contribution in [0.4, 0.5) is 17.1 Å². The number of carbonyl (C=O) groups is 1. The van der Waals surface area contributed by atoms with Gasteiger partial charge in [-0.2, -0.15) is 5.26 Å². The Bertz CT molecular complexity index is 1450. The fourth-order valence-corrected chi connectivity index (χ4v) is 4.00. The highest BCUT2D eigenvalue weighted by molar-refractivity contribution is 6.32. The van der Waals surface area contributed by atoms with Crippen molar-refractivity contribution in [3.63, 3.8) is 0 Å². The van der Waals surface area contributed by atoms with Crippen LogP contribution in [0, 0.1) is 18.3 Å². The number of aromatic nitrogens is 2. The molecule has 0 aliphatic heterocycles. The zero-order valence-electron chi connectivity index (χ0n) is 20.5. The molecule has 0 fully saturated rings. The molecule has 4 rings (SSSR count). The summed E-state index contributed by atoms with van der Waals surface area (Å²) in [6, 6.07) is 16.8. The van der Waals surface area contributed by atoms with E-state index in [1.165, 1.54) is 6.20 Å². The van der Waals surface area contributed by atoms with Crippen molar-refractivity contribution in [3.8, 4) is 11.8 Å². The number of hydrogen-bond acceptors (Lipinski definition) is 7. The molecule has 188 valence electrons. The molecule has 0 saturated carbocycles. The Balaban J connectivity index is 1.59. The highest BCUT2D eigenvalue weighted by Gasteiger charge is 2.14. The van der Waals surface area contributed by atoms with Crippen molar-refractivity contribution in [2.24, 2.45) is 0 Å². The van der Waals surface area contributed by atoms with Crippen molar-refractivity contribution in [1.29, 1.82) is 5.26 Å². The van der Waals surface area contributed by atoms with Crippen molar-refractivity contribution in [3.05, 3.63) is 82.8 Å². The molecule has 37 heavy (non-hydrogen) atoms. The number of rotatable bonds is 10. The molecule has 0 bridgehead atoms. The van der Waals surface area contributed by atoms with E-state index in [0.29, 0.717) is 70.4 Å². The minimum absolute atomic E-state index is 0.105. The van der Waals surface area contributed by atoms with Crippen LogP contribution in [0.15, 0.2) is 60.9 Å². The summed E-state index contributed by atoms with van der Waals surface area (Å²) >= 11 is 6.49. The SMILES string of the molecule is COCCCC(=O)Nc1cc2c(Nc3ccc(OCc4ccccn4)c(Cl)c3)c(C#N)cnc2cc1C. The number of carbonyl (C=O) groups excluding carboxylic acids is 1. The number of hydrogen-bond donors (Lipinski definition) is 2. The maximum atomic E-state index is 12.4. The van der Waals surface area contributed by atoms with Gasteiger partial charge < -0.3 is 20.1 Å². The Morgan fingerprint density at radius 1 is 1.16 bits per heavy atom. The van der Waals surface area contributed by atoms with Crippen LogP contribution < -0.4 is 15.4 Å². The summed E-state index contributed by atoms with van der Waals surface area (Å²) in [4.78, 5) is 21.1. The van der Waals surface area contributed by atoms with Gasteiger partial charge in [-0.3, -0.25) is 14.8 Å². The van der Waals surface area contributed by atoms with Gasteiger partial charge in [0.15, 0.2) is 0 Å². The van der Waals surface area contributed by atoms with Crippen LogP contribution in [-0.4, -0.2) is 29.6 Å². The normalized spacial score (nSPS) is 10.6. The van der Waals surface area contributed by atoms with E-state index in [1.54, 1.807) is 25.4 Å². The molecule has 0 spiro atoms. The topological polar surface area (TPSA) is 109 Å². The van der Waals surface area contributed by atoms with Crippen molar-refractivity contribution in [2.75, 3.05) is 24.4 Å². The largest absolute Gasteiger partial charge is 0.486 e. The second-order valence-electron chi connectivity index (χ2n) is 8.37. The van der Waals surface area contributed by atoms with Gasteiger partial charge in [-0.1, -0.05) is 17.7 Å². The van der Waals surface area contributed by atoms with Crippen molar-refractivity contribution < 1.29 is 14.3 Å². The number of anilines is 3.